The highest BCUT2D eigenvalue weighted by atomic mass is 32.2. The third-order valence-electron chi connectivity index (χ3n) is 4.53. The average molecular weight is 381 g/mol. The van der Waals surface area contributed by atoms with Crippen molar-refractivity contribution in [2.45, 2.75) is 11.8 Å². The number of halogens is 1. The van der Waals surface area contributed by atoms with Gasteiger partial charge < -0.3 is 0 Å². The van der Waals surface area contributed by atoms with E-state index in [1.807, 2.05) is 12.1 Å². The standard InChI is InChI=1S/C20H16FN3O2S/c1-13-10-15(5-7-17(13)21)20-16(4-3-9-22-20)14-6-8-18-19(11-14)27(25,26)24(2)12-23-18/h3-12H,1-2H3. The van der Waals surface area contributed by atoms with Gasteiger partial charge in [-0.15, -0.1) is 0 Å². The molecule has 0 spiro atoms. The van der Waals surface area contributed by atoms with E-state index < -0.39 is 10.0 Å². The van der Waals surface area contributed by atoms with E-state index >= 15 is 0 Å². The number of benzene rings is 2. The summed E-state index contributed by atoms with van der Waals surface area (Å²) in [4.78, 5) is 8.77. The molecule has 2 heterocycles. The fourth-order valence-electron chi connectivity index (χ4n) is 3.02. The fourth-order valence-corrected chi connectivity index (χ4v) is 4.16. The van der Waals surface area contributed by atoms with Gasteiger partial charge in [-0.2, -0.15) is 0 Å². The van der Waals surface area contributed by atoms with Crippen LogP contribution in [0.2, 0.25) is 0 Å². The molecule has 1 aliphatic rings. The molecular weight excluding hydrogens is 365 g/mol. The Morgan fingerprint density at radius 1 is 1.04 bits per heavy atom. The molecule has 136 valence electrons. The van der Waals surface area contributed by atoms with Gasteiger partial charge in [0.25, 0.3) is 10.0 Å². The molecule has 0 bridgehead atoms. The summed E-state index contributed by atoms with van der Waals surface area (Å²) in [6.45, 7) is 1.70. The zero-order chi connectivity index (χ0) is 19.2. The lowest BCUT2D eigenvalue weighted by molar-refractivity contribution is 0.554. The first-order valence-corrected chi connectivity index (χ1v) is 9.70. The fraction of sp³-hybridized carbons (Fsp3) is 0.100. The van der Waals surface area contributed by atoms with Gasteiger partial charge in [-0.25, -0.2) is 17.8 Å². The van der Waals surface area contributed by atoms with Gasteiger partial charge in [-0.1, -0.05) is 12.1 Å². The topological polar surface area (TPSA) is 62.6 Å². The van der Waals surface area contributed by atoms with Crippen molar-refractivity contribution in [1.29, 1.82) is 0 Å². The maximum Gasteiger partial charge on any atom is 0.266 e. The lowest BCUT2D eigenvalue weighted by atomic mass is 9.98. The molecule has 1 aliphatic heterocycles. The Balaban J connectivity index is 1.90. The van der Waals surface area contributed by atoms with Crippen LogP contribution in [-0.4, -0.2) is 31.1 Å². The van der Waals surface area contributed by atoms with Crippen LogP contribution in [0.15, 0.2) is 64.6 Å². The first kappa shape index (κ1) is 17.4. The zero-order valence-electron chi connectivity index (χ0n) is 14.7. The molecule has 0 saturated carbocycles. The van der Waals surface area contributed by atoms with Crippen LogP contribution in [0.4, 0.5) is 10.1 Å². The SMILES string of the molecule is Cc1cc(-c2ncccc2-c2ccc3c(c2)S(=O)(=O)N(C)C=N3)ccc1F. The number of hydrogen-bond donors (Lipinski definition) is 0. The molecule has 0 unspecified atom stereocenters. The Bertz CT molecular complexity index is 1190. The van der Waals surface area contributed by atoms with Gasteiger partial charge >= 0.3 is 0 Å². The molecule has 0 radical (unpaired) electrons. The number of fused-ring (bicyclic) bond motifs is 1. The molecule has 0 N–H and O–H groups in total. The van der Waals surface area contributed by atoms with Gasteiger partial charge in [-0.3, -0.25) is 9.29 Å². The number of pyridine rings is 1. The van der Waals surface area contributed by atoms with Crippen LogP contribution in [-0.2, 0) is 10.0 Å². The van der Waals surface area contributed by atoms with Crippen molar-refractivity contribution in [3.05, 3.63) is 66.1 Å². The highest BCUT2D eigenvalue weighted by Crippen LogP contribution is 2.37. The summed E-state index contributed by atoms with van der Waals surface area (Å²) in [5.74, 6) is -0.281. The van der Waals surface area contributed by atoms with Gasteiger partial charge in [0.2, 0.25) is 0 Å². The van der Waals surface area contributed by atoms with Gasteiger partial charge in [-0.05, 0) is 54.4 Å². The molecule has 1 aromatic heterocycles. The van der Waals surface area contributed by atoms with Crippen LogP contribution in [0.3, 0.4) is 0 Å². The summed E-state index contributed by atoms with van der Waals surface area (Å²) in [7, 11) is -2.18. The molecule has 0 saturated heterocycles. The Hall–Kier alpha value is -3.06. The third-order valence-corrected chi connectivity index (χ3v) is 6.26. The summed E-state index contributed by atoms with van der Waals surface area (Å²) >= 11 is 0. The summed E-state index contributed by atoms with van der Waals surface area (Å²) in [6, 6.07) is 13.6. The predicted molar refractivity (Wildman–Crippen MR) is 103 cm³/mol. The van der Waals surface area contributed by atoms with Crippen LogP contribution < -0.4 is 0 Å². The van der Waals surface area contributed by atoms with Crippen LogP contribution >= 0.6 is 0 Å². The summed E-state index contributed by atoms with van der Waals surface area (Å²) in [6.07, 6.45) is 2.94. The monoisotopic (exact) mass is 381 g/mol. The summed E-state index contributed by atoms with van der Waals surface area (Å²) in [5, 5.41) is 0. The lowest BCUT2D eigenvalue weighted by Crippen LogP contribution is -2.27. The first-order chi connectivity index (χ1) is 12.9. The highest BCUT2D eigenvalue weighted by molar-refractivity contribution is 7.89. The predicted octanol–water partition coefficient (Wildman–Crippen LogP) is 4.16. The number of rotatable bonds is 2. The van der Waals surface area contributed by atoms with Crippen molar-refractivity contribution in [2.75, 3.05) is 7.05 Å². The van der Waals surface area contributed by atoms with E-state index in [-0.39, 0.29) is 10.7 Å². The van der Waals surface area contributed by atoms with Gasteiger partial charge in [0.15, 0.2) is 0 Å². The van der Waals surface area contributed by atoms with Crippen LogP contribution in [0.1, 0.15) is 5.56 Å². The molecule has 0 aliphatic carbocycles. The van der Waals surface area contributed by atoms with Crippen LogP contribution in [0.5, 0.6) is 0 Å². The minimum absolute atomic E-state index is 0.148. The number of sulfonamides is 1. The Morgan fingerprint density at radius 2 is 1.81 bits per heavy atom. The quantitative estimate of drug-likeness (QED) is 0.670. The van der Waals surface area contributed by atoms with Crippen LogP contribution in [0, 0.1) is 12.7 Å². The Morgan fingerprint density at radius 3 is 2.59 bits per heavy atom. The molecular formula is C20H16FN3O2S. The second kappa shape index (κ2) is 6.28. The molecule has 7 heteroatoms. The normalized spacial score (nSPS) is 14.9. The molecule has 2 aromatic carbocycles. The van der Waals surface area contributed by atoms with E-state index in [0.29, 0.717) is 22.5 Å². The van der Waals surface area contributed by atoms with E-state index in [1.54, 1.807) is 43.5 Å². The average Bonchev–Trinajstić information content (AvgIpc) is 2.67. The molecule has 27 heavy (non-hydrogen) atoms. The van der Waals surface area contributed by atoms with E-state index in [0.717, 1.165) is 15.4 Å². The summed E-state index contributed by atoms with van der Waals surface area (Å²) in [5.41, 5.74) is 3.81. The van der Waals surface area contributed by atoms with E-state index in [9.17, 15) is 12.8 Å². The van der Waals surface area contributed by atoms with E-state index in [2.05, 4.69) is 9.98 Å². The largest absolute Gasteiger partial charge is 0.266 e. The number of aromatic nitrogens is 1. The number of aliphatic imine (C=N–C) groups is 1. The van der Waals surface area contributed by atoms with Crippen molar-refractivity contribution >= 4 is 22.0 Å². The third kappa shape index (κ3) is 2.90. The van der Waals surface area contributed by atoms with Crippen LogP contribution in [0.25, 0.3) is 22.4 Å². The maximum absolute atomic E-state index is 13.6. The first-order valence-electron chi connectivity index (χ1n) is 8.26. The zero-order valence-corrected chi connectivity index (χ0v) is 15.5. The minimum atomic E-state index is -3.63. The molecule has 3 aromatic rings. The molecule has 5 nitrogen and oxygen atoms in total. The van der Waals surface area contributed by atoms with Crippen molar-refractivity contribution in [3.63, 3.8) is 0 Å². The molecule has 0 atom stereocenters. The highest BCUT2D eigenvalue weighted by Gasteiger charge is 2.26. The second-order valence-corrected chi connectivity index (χ2v) is 8.28. The van der Waals surface area contributed by atoms with E-state index in [4.69, 9.17) is 0 Å². The van der Waals surface area contributed by atoms with Crippen molar-refractivity contribution in [1.82, 2.24) is 9.29 Å². The van der Waals surface area contributed by atoms with Crippen molar-refractivity contribution in [3.8, 4) is 22.4 Å². The summed E-state index contributed by atoms with van der Waals surface area (Å²) < 4.78 is 39.9. The van der Waals surface area contributed by atoms with Gasteiger partial charge in [0, 0.05) is 24.4 Å². The Labute approximate surface area is 156 Å². The van der Waals surface area contributed by atoms with Crippen molar-refractivity contribution < 1.29 is 12.8 Å². The molecule has 0 fully saturated rings. The van der Waals surface area contributed by atoms with Gasteiger partial charge in [0.05, 0.1) is 11.4 Å². The second-order valence-electron chi connectivity index (χ2n) is 6.31. The van der Waals surface area contributed by atoms with Crippen molar-refractivity contribution in [2.24, 2.45) is 4.99 Å². The number of aryl methyl sites for hydroxylation is 1. The van der Waals surface area contributed by atoms with E-state index in [1.165, 1.54) is 19.5 Å². The number of hydrogen-bond acceptors (Lipinski definition) is 4. The lowest BCUT2D eigenvalue weighted by Gasteiger charge is -2.20. The maximum atomic E-state index is 13.6. The molecule has 0 amide bonds. The number of nitrogens with zero attached hydrogens (tertiary/aromatic N) is 3. The molecule has 4 rings (SSSR count). The minimum Gasteiger partial charge on any atom is -0.259 e. The van der Waals surface area contributed by atoms with Gasteiger partial charge in [0.1, 0.15) is 17.1 Å². The smallest absolute Gasteiger partial charge is 0.259 e. The Kier molecular flexibility index (Phi) is 4.04.